The molecule has 0 atom stereocenters. The molecule has 3 aromatic heterocycles. The third kappa shape index (κ3) is 3.04. The van der Waals surface area contributed by atoms with E-state index in [1.807, 2.05) is 27.7 Å². The van der Waals surface area contributed by atoms with Crippen LogP contribution in [0.4, 0.5) is 0 Å². The highest BCUT2D eigenvalue weighted by atomic mass is 32.1. The van der Waals surface area contributed by atoms with Gasteiger partial charge >= 0.3 is 0 Å². The Kier molecular flexibility index (Phi) is 4.38. The molecular weight excluding hydrogens is 330 g/mol. The van der Waals surface area contributed by atoms with Gasteiger partial charge in [0, 0.05) is 10.8 Å². The first-order chi connectivity index (χ1) is 11.5. The molecule has 0 bridgehead atoms. The van der Waals surface area contributed by atoms with Crippen LogP contribution in [-0.4, -0.2) is 36.3 Å². The zero-order valence-corrected chi connectivity index (χ0v) is 14.6. The molecule has 0 spiro atoms. The van der Waals surface area contributed by atoms with E-state index in [1.165, 1.54) is 22.3 Å². The molecule has 0 aromatic carbocycles. The van der Waals surface area contributed by atoms with Gasteiger partial charge in [0.2, 0.25) is 5.89 Å². The maximum Gasteiger partial charge on any atom is 0.255 e. The number of nitrogens with zero attached hydrogens (tertiary/aromatic N) is 6. The molecule has 0 radical (unpaired) electrons. The van der Waals surface area contributed by atoms with Crippen LogP contribution in [0.15, 0.2) is 10.9 Å². The summed E-state index contributed by atoms with van der Waals surface area (Å²) in [5, 5.41) is 18.5. The number of carbonyl (C=O) groups is 1. The number of hydrogen-bond donors (Lipinski definition) is 1. The molecule has 0 saturated carbocycles. The lowest BCUT2D eigenvalue weighted by molar-refractivity contribution is 0.0949. The number of thiophene rings is 1. The molecule has 126 valence electrons. The van der Waals surface area contributed by atoms with Crippen LogP contribution in [0.5, 0.6) is 0 Å². The van der Waals surface area contributed by atoms with Gasteiger partial charge in [-0.05, 0) is 29.8 Å². The van der Waals surface area contributed by atoms with Gasteiger partial charge in [-0.1, -0.05) is 19.0 Å². The summed E-state index contributed by atoms with van der Waals surface area (Å²) >= 11 is 1.47. The largest absolute Gasteiger partial charge is 0.344 e. The molecule has 0 saturated heterocycles. The van der Waals surface area contributed by atoms with Gasteiger partial charge in [0.1, 0.15) is 11.3 Å². The SMILES string of the molecule is Cc1sc(-n2cnnn2)c(C(=O)NCc2noc(C(C)C)n2)c1C. The van der Waals surface area contributed by atoms with Crippen molar-refractivity contribution in [3.8, 4) is 5.00 Å². The summed E-state index contributed by atoms with van der Waals surface area (Å²) < 4.78 is 6.62. The van der Waals surface area contributed by atoms with E-state index in [0.717, 1.165) is 10.4 Å². The number of nitrogens with one attached hydrogen (secondary N) is 1. The second-order valence-corrected chi connectivity index (χ2v) is 6.81. The van der Waals surface area contributed by atoms with Crippen molar-refractivity contribution >= 4 is 17.2 Å². The first-order valence-corrected chi connectivity index (χ1v) is 8.23. The lowest BCUT2D eigenvalue weighted by Gasteiger charge is -2.05. The maximum absolute atomic E-state index is 12.6. The summed E-state index contributed by atoms with van der Waals surface area (Å²) in [7, 11) is 0. The fourth-order valence-corrected chi connectivity index (χ4v) is 3.18. The minimum absolute atomic E-state index is 0.148. The minimum Gasteiger partial charge on any atom is -0.344 e. The van der Waals surface area contributed by atoms with Crippen molar-refractivity contribution in [1.29, 1.82) is 0 Å². The Labute approximate surface area is 142 Å². The van der Waals surface area contributed by atoms with E-state index in [-0.39, 0.29) is 18.4 Å². The molecule has 0 aliphatic rings. The molecule has 9 nitrogen and oxygen atoms in total. The molecule has 3 rings (SSSR count). The summed E-state index contributed by atoms with van der Waals surface area (Å²) in [5.41, 5.74) is 1.45. The van der Waals surface area contributed by atoms with Crippen molar-refractivity contribution in [3.05, 3.63) is 34.0 Å². The van der Waals surface area contributed by atoms with E-state index in [2.05, 4.69) is 31.0 Å². The van der Waals surface area contributed by atoms with Crippen LogP contribution in [-0.2, 0) is 6.54 Å². The monoisotopic (exact) mass is 347 g/mol. The quantitative estimate of drug-likeness (QED) is 0.748. The topological polar surface area (TPSA) is 112 Å². The van der Waals surface area contributed by atoms with Gasteiger partial charge in [0.15, 0.2) is 5.82 Å². The molecule has 0 unspecified atom stereocenters. The summed E-state index contributed by atoms with van der Waals surface area (Å²) in [5.74, 6) is 0.921. The Balaban J connectivity index is 1.80. The van der Waals surface area contributed by atoms with Crippen molar-refractivity contribution in [1.82, 2.24) is 35.7 Å². The molecule has 1 N–H and O–H groups in total. The highest BCUT2D eigenvalue weighted by Crippen LogP contribution is 2.30. The average Bonchev–Trinajstić information content (AvgIpc) is 3.26. The van der Waals surface area contributed by atoms with Crippen LogP contribution in [0.25, 0.3) is 5.00 Å². The number of tetrazole rings is 1. The lowest BCUT2D eigenvalue weighted by atomic mass is 10.1. The fourth-order valence-electron chi connectivity index (χ4n) is 2.11. The molecule has 3 aromatic rings. The summed E-state index contributed by atoms with van der Waals surface area (Å²) in [6.07, 6.45) is 1.47. The normalized spacial score (nSPS) is 11.2. The molecule has 10 heteroatoms. The molecule has 3 heterocycles. The molecule has 24 heavy (non-hydrogen) atoms. The maximum atomic E-state index is 12.6. The average molecular weight is 347 g/mol. The summed E-state index contributed by atoms with van der Waals surface area (Å²) in [6, 6.07) is 0. The Hall–Kier alpha value is -2.62. The number of rotatable bonds is 5. The fraction of sp³-hybridized carbons (Fsp3) is 0.429. The van der Waals surface area contributed by atoms with E-state index >= 15 is 0 Å². The van der Waals surface area contributed by atoms with E-state index in [0.29, 0.717) is 22.3 Å². The third-order valence-corrected chi connectivity index (χ3v) is 4.73. The molecule has 0 aliphatic carbocycles. The van der Waals surface area contributed by atoms with Crippen LogP contribution in [0.2, 0.25) is 0 Å². The standard InChI is InChI=1S/C14H17N7O2S/c1-7(2)13-17-10(18-23-13)5-15-12(22)11-8(3)9(4)24-14(11)21-6-16-19-20-21/h6-7H,5H2,1-4H3,(H,15,22). The van der Waals surface area contributed by atoms with Crippen LogP contribution in [0.1, 0.15) is 52.3 Å². The summed E-state index contributed by atoms with van der Waals surface area (Å²) in [6.45, 7) is 7.98. The Morgan fingerprint density at radius 3 is 2.83 bits per heavy atom. The van der Waals surface area contributed by atoms with Crippen LogP contribution >= 0.6 is 11.3 Å². The molecule has 0 aliphatic heterocycles. The lowest BCUT2D eigenvalue weighted by Crippen LogP contribution is -2.25. The van der Waals surface area contributed by atoms with Crippen LogP contribution in [0.3, 0.4) is 0 Å². The van der Waals surface area contributed by atoms with Crippen LogP contribution in [0, 0.1) is 13.8 Å². The second-order valence-electron chi connectivity index (χ2n) is 5.60. The Morgan fingerprint density at radius 1 is 1.42 bits per heavy atom. The number of hydrogen-bond acceptors (Lipinski definition) is 8. The van der Waals surface area contributed by atoms with E-state index < -0.39 is 0 Å². The van der Waals surface area contributed by atoms with Gasteiger partial charge in [-0.2, -0.15) is 9.67 Å². The van der Waals surface area contributed by atoms with Gasteiger partial charge in [0.05, 0.1) is 12.1 Å². The number of carbonyl (C=O) groups excluding carboxylic acids is 1. The molecule has 1 amide bonds. The van der Waals surface area contributed by atoms with Crippen molar-refractivity contribution < 1.29 is 9.32 Å². The smallest absolute Gasteiger partial charge is 0.255 e. The second kappa shape index (κ2) is 6.48. The summed E-state index contributed by atoms with van der Waals surface area (Å²) in [4.78, 5) is 17.9. The zero-order chi connectivity index (χ0) is 17.3. The van der Waals surface area contributed by atoms with Crippen molar-refractivity contribution in [2.24, 2.45) is 0 Å². The van der Waals surface area contributed by atoms with Crippen molar-refractivity contribution in [3.63, 3.8) is 0 Å². The van der Waals surface area contributed by atoms with Crippen LogP contribution < -0.4 is 5.32 Å². The minimum atomic E-state index is -0.224. The van der Waals surface area contributed by atoms with E-state index in [1.54, 1.807) is 0 Å². The third-order valence-electron chi connectivity index (χ3n) is 3.54. The molecule has 0 fully saturated rings. The number of amides is 1. The first-order valence-electron chi connectivity index (χ1n) is 7.41. The van der Waals surface area contributed by atoms with Gasteiger partial charge in [-0.15, -0.1) is 16.4 Å². The first kappa shape index (κ1) is 16.2. The predicted molar refractivity (Wildman–Crippen MR) is 86.1 cm³/mol. The van der Waals surface area contributed by atoms with Gasteiger partial charge in [-0.3, -0.25) is 4.79 Å². The van der Waals surface area contributed by atoms with Gasteiger partial charge < -0.3 is 9.84 Å². The Bertz CT molecular complexity index is 851. The van der Waals surface area contributed by atoms with Gasteiger partial charge in [-0.25, -0.2) is 0 Å². The van der Waals surface area contributed by atoms with Crippen molar-refractivity contribution in [2.45, 2.75) is 40.2 Å². The number of aromatic nitrogens is 6. The van der Waals surface area contributed by atoms with E-state index in [9.17, 15) is 4.79 Å². The highest BCUT2D eigenvalue weighted by Gasteiger charge is 2.22. The van der Waals surface area contributed by atoms with E-state index in [4.69, 9.17) is 4.52 Å². The number of aryl methyl sites for hydroxylation is 1. The molecular formula is C14H17N7O2S. The Morgan fingerprint density at radius 2 is 2.21 bits per heavy atom. The van der Waals surface area contributed by atoms with Gasteiger partial charge in [0.25, 0.3) is 5.91 Å². The predicted octanol–water partition coefficient (Wildman–Crippen LogP) is 1.78. The zero-order valence-electron chi connectivity index (χ0n) is 13.8. The highest BCUT2D eigenvalue weighted by molar-refractivity contribution is 7.15. The van der Waals surface area contributed by atoms with Crippen molar-refractivity contribution in [2.75, 3.05) is 0 Å².